The monoisotopic (exact) mass is 473 g/mol. The number of carbonyl (C=O) groups excluding carboxylic acids is 2. The van der Waals surface area contributed by atoms with Gasteiger partial charge >= 0.3 is 6.18 Å². The second-order valence-electron chi connectivity index (χ2n) is 8.30. The number of thiazole rings is 1. The van der Waals surface area contributed by atoms with Gasteiger partial charge in [0.05, 0.1) is 27.1 Å². The predicted molar refractivity (Wildman–Crippen MR) is 120 cm³/mol. The second kappa shape index (κ2) is 8.97. The molecule has 2 N–H and O–H groups in total. The number of hydrogen-bond donors (Lipinski definition) is 2. The topological polar surface area (TPSA) is 71.1 Å². The number of Topliss-reactive ketones (excluding diaryl/α,β-unsaturated/α-hetero) is 1. The number of anilines is 2. The molecule has 1 saturated carbocycles. The number of ketones is 1. The number of hydrogen-bond acceptors (Lipinski definition) is 5. The van der Waals surface area contributed by atoms with Crippen LogP contribution in [0.1, 0.15) is 45.6 Å². The Bertz CT molecular complexity index is 1150. The van der Waals surface area contributed by atoms with E-state index in [1.165, 1.54) is 23.6 Å². The van der Waals surface area contributed by atoms with Crippen LogP contribution in [0.4, 0.5) is 24.5 Å². The quantitative estimate of drug-likeness (QED) is 0.401. The highest BCUT2D eigenvalue weighted by molar-refractivity contribution is 7.11. The molecule has 0 atom stereocenters. The van der Waals surface area contributed by atoms with Crippen LogP contribution in [0.3, 0.4) is 0 Å². The van der Waals surface area contributed by atoms with Gasteiger partial charge in [-0.05, 0) is 49.6 Å². The molecule has 3 aromatic rings. The molecule has 1 heterocycles. The summed E-state index contributed by atoms with van der Waals surface area (Å²) < 4.78 is 40.0. The minimum Gasteiger partial charge on any atom is -0.355 e. The first-order chi connectivity index (χ1) is 15.7. The Morgan fingerprint density at radius 3 is 2.45 bits per heavy atom. The van der Waals surface area contributed by atoms with E-state index in [4.69, 9.17) is 0 Å². The van der Waals surface area contributed by atoms with Gasteiger partial charge in [-0.1, -0.05) is 23.8 Å². The van der Waals surface area contributed by atoms with Crippen molar-refractivity contribution < 1.29 is 22.8 Å². The number of aryl methyl sites for hydroxylation is 1. The van der Waals surface area contributed by atoms with E-state index in [1.54, 1.807) is 42.8 Å². The van der Waals surface area contributed by atoms with Gasteiger partial charge in [-0.3, -0.25) is 14.6 Å². The fourth-order valence-electron chi connectivity index (χ4n) is 3.62. The van der Waals surface area contributed by atoms with Crippen molar-refractivity contribution in [3.05, 3.63) is 75.7 Å². The first-order valence-electron chi connectivity index (χ1n) is 10.4. The summed E-state index contributed by atoms with van der Waals surface area (Å²) in [6.45, 7) is 1.89. The molecule has 0 saturated heterocycles. The summed E-state index contributed by atoms with van der Waals surface area (Å²) in [5.74, 6) is -0.230. The summed E-state index contributed by atoms with van der Waals surface area (Å²) in [4.78, 5) is 29.5. The number of amides is 1. The van der Waals surface area contributed by atoms with Gasteiger partial charge in [0.25, 0.3) is 0 Å². The first-order valence-corrected chi connectivity index (χ1v) is 11.3. The number of nitrogens with one attached hydrogen (secondary N) is 2. The average Bonchev–Trinajstić information content (AvgIpc) is 3.33. The van der Waals surface area contributed by atoms with Crippen LogP contribution < -0.4 is 10.6 Å². The van der Waals surface area contributed by atoms with Crippen LogP contribution in [-0.2, 0) is 17.5 Å². The number of benzene rings is 2. The third-order valence-corrected chi connectivity index (χ3v) is 6.52. The molecular weight excluding hydrogens is 451 g/mol. The molecule has 0 spiro atoms. The van der Waals surface area contributed by atoms with E-state index in [1.807, 2.05) is 0 Å². The molecule has 172 valence electrons. The third-order valence-electron chi connectivity index (χ3n) is 5.71. The highest BCUT2D eigenvalue weighted by Gasteiger charge is 2.51. The van der Waals surface area contributed by atoms with Crippen molar-refractivity contribution in [3.8, 4) is 0 Å². The molecule has 1 fully saturated rings. The van der Waals surface area contributed by atoms with E-state index in [0.717, 1.165) is 11.6 Å². The largest absolute Gasteiger partial charge is 0.418 e. The van der Waals surface area contributed by atoms with Gasteiger partial charge in [-0.15, -0.1) is 11.3 Å². The van der Waals surface area contributed by atoms with Gasteiger partial charge in [0.2, 0.25) is 5.91 Å². The first kappa shape index (κ1) is 23.0. The van der Waals surface area contributed by atoms with Gasteiger partial charge in [0.1, 0.15) is 0 Å². The molecule has 2 aromatic carbocycles. The minimum absolute atomic E-state index is 0.0181. The van der Waals surface area contributed by atoms with Gasteiger partial charge in [-0.2, -0.15) is 13.2 Å². The fourth-order valence-corrected chi connectivity index (χ4v) is 4.18. The Morgan fingerprint density at radius 1 is 1.12 bits per heavy atom. The SMILES string of the molecule is Cc1ccc(Nc2ccc(CNC(=O)C3(CC(=O)c4cncs4)CC3)cc2)c(C(F)(F)F)c1. The zero-order valence-electron chi connectivity index (χ0n) is 17.8. The molecule has 1 aromatic heterocycles. The highest BCUT2D eigenvalue weighted by Crippen LogP contribution is 2.49. The summed E-state index contributed by atoms with van der Waals surface area (Å²) in [6.07, 6.45) is -1.43. The molecule has 5 nitrogen and oxygen atoms in total. The standard InChI is InChI=1S/C24H22F3N3O2S/c1-15-2-7-19(18(10-15)24(25,26)27)30-17-5-3-16(4-6-17)12-29-22(32)23(8-9-23)11-20(31)21-13-28-14-33-21/h2-7,10,13-14,30H,8-9,11-12H2,1H3,(H,29,32). The number of halogens is 3. The Labute approximate surface area is 193 Å². The summed E-state index contributed by atoms with van der Waals surface area (Å²) >= 11 is 1.27. The average molecular weight is 474 g/mol. The van der Waals surface area contributed by atoms with Crippen LogP contribution in [0.5, 0.6) is 0 Å². The van der Waals surface area contributed by atoms with E-state index in [0.29, 0.717) is 29.0 Å². The highest BCUT2D eigenvalue weighted by atomic mass is 32.1. The Hall–Kier alpha value is -3.20. The van der Waals surface area contributed by atoms with Crippen LogP contribution in [0.15, 0.2) is 54.2 Å². The number of carbonyl (C=O) groups is 2. The zero-order chi connectivity index (χ0) is 23.6. The molecular formula is C24H22F3N3O2S. The van der Waals surface area contributed by atoms with Crippen molar-refractivity contribution in [3.63, 3.8) is 0 Å². The number of nitrogens with zero attached hydrogens (tertiary/aromatic N) is 1. The van der Waals surface area contributed by atoms with E-state index in [-0.39, 0.29) is 30.3 Å². The number of aromatic nitrogens is 1. The third kappa shape index (κ3) is 5.42. The Balaban J connectivity index is 1.35. The molecule has 4 rings (SSSR count). The molecule has 0 radical (unpaired) electrons. The summed E-state index contributed by atoms with van der Waals surface area (Å²) in [5, 5.41) is 5.70. The molecule has 1 aliphatic rings. The lowest BCUT2D eigenvalue weighted by molar-refractivity contribution is -0.137. The molecule has 1 amide bonds. The lowest BCUT2D eigenvalue weighted by Gasteiger charge is -2.16. The Kier molecular flexibility index (Phi) is 6.25. The molecule has 33 heavy (non-hydrogen) atoms. The lowest BCUT2D eigenvalue weighted by atomic mass is 9.97. The van der Waals surface area contributed by atoms with Gasteiger partial charge in [0.15, 0.2) is 5.78 Å². The minimum atomic E-state index is -4.46. The van der Waals surface area contributed by atoms with Crippen molar-refractivity contribution in [1.29, 1.82) is 0 Å². The molecule has 0 bridgehead atoms. The van der Waals surface area contributed by atoms with E-state index < -0.39 is 17.2 Å². The lowest BCUT2D eigenvalue weighted by Crippen LogP contribution is -2.33. The van der Waals surface area contributed by atoms with Gasteiger partial charge < -0.3 is 10.6 Å². The fraction of sp³-hybridized carbons (Fsp3) is 0.292. The van der Waals surface area contributed by atoms with Crippen LogP contribution in [0, 0.1) is 12.3 Å². The predicted octanol–water partition coefficient (Wildman–Crippen LogP) is 5.88. The Morgan fingerprint density at radius 2 is 1.85 bits per heavy atom. The molecule has 0 aliphatic heterocycles. The van der Waals surface area contributed by atoms with Crippen molar-refractivity contribution in [2.24, 2.45) is 5.41 Å². The maximum absolute atomic E-state index is 13.3. The van der Waals surface area contributed by atoms with Crippen molar-refractivity contribution in [2.45, 2.75) is 38.9 Å². The van der Waals surface area contributed by atoms with E-state index in [9.17, 15) is 22.8 Å². The molecule has 1 aliphatic carbocycles. The summed E-state index contributed by atoms with van der Waals surface area (Å²) in [6, 6.07) is 11.0. The maximum atomic E-state index is 13.3. The zero-order valence-corrected chi connectivity index (χ0v) is 18.6. The van der Waals surface area contributed by atoms with Crippen molar-refractivity contribution >= 4 is 34.4 Å². The van der Waals surface area contributed by atoms with E-state index in [2.05, 4.69) is 15.6 Å². The number of alkyl halides is 3. The maximum Gasteiger partial charge on any atom is 0.418 e. The summed E-state index contributed by atoms with van der Waals surface area (Å²) in [5.41, 5.74) is 2.04. The van der Waals surface area contributed by atoms with Crippen LogP contribution in [0.2, 0.25) is 0 Å². The summed E-state index contributed by atoms with van der Waals surface area (Å²) in [7, 11) is 0. The number of rotatable bonds is 8. The normalized spacial score (nSPS) is 14.5. The van der Waals surface area contributed by atoms with Crippen LogP contribution >= 0.6 is 11.3 Å². The van der Waals surface area contributed by atoms with E-state index >= 15 is 0 Å². The molecule has 0 unspecified atom stereocenters. The van der Waals surface area contributed by atoms with Crippen LogP contribution in [0.25, 0.3) is 0 Å². The van der Waals surface area contributed by atoms with Crippen molar-refractivity contribution in [2.75, 3.05) is 5.32 Å². The van der Waals surface area contributed by atoms with Gasteiger partial charge in [0, 0.05) is 24.8 Å². The second-order valence-corrected chi connectivity index (χ2v) is 9.18. The molecule has 9 heteroatoms. The van der Waals surface area contributed by atoms with Crippen molar-refractivity contribution in [1.82, 2.24) is 10.3 Å². The van der Waals surface area contributed by atoms with Gasteiger partial charge in [-0.25, -0.2) is 0 Å². The van der Waals surface area contributed by atoms with Crippen LogP contribution in [-0.4, -0.2) is 16.7 Å². The smallest absolute Gasteiger partial charge is 0.355 e.